The summed E-state index contributed by atoms with van der Waals surface area (Å²) in [5, 5.41) is 7.94. The molecule has 0 amide bonds. The van der Waals surface area contributed by atoms with Crippen molar-refractivity contribution in [2.45, 2.75) is 37.4 Å². The molecule has 0 saturated carbocycles. The fraction of sp³-hybridized carbons (Fsp3) is 0.438. The molecular weight excluding hydrogens is 282 g/mol. The molecule has 0 spiro atoms. The molecule has 2 aromatic rings. The molecule has 4 nitrogen and oxygen atoms in total. The van der Waals surface area contributed by atoms with Crippen LogP contribution in [0.25, 0.3) is 0 Å². The molecule has 2 atom stereocenters. The highest BCUT2D eigenvalue weighted by Crippen LogP contribution is 2.38. The Bertz CT molecular complexity index is 599. The Balaban J connectivity index is 1.82. The number of hydrogen-bond acceptors (Lipinski definition) is 4. The highest BCUT2D eigenvalue weighted by atomic mass is 32.2. The molecule has 1 aromatic heterocycles. The Kier molecular flexibility index (Phi) is 4.51. The van der Waals surface area contributed by atoms with Crippen molar-refractivity contribution in [3.8, 4) is 5.75 Å². The summed E-state index contributed by atoms with van der Waals surface area (Å²) in [4.78, 5) is 1.23. The third-order valence-electron chi connectivity index (χ3n) is 3.66. The Morgan fingerprint density at radius 2 is 2.29 bits per heavy atom. The number of ether oxygens (including phenoxy) is 1. The van der Waals surface area contributed by atoms with Crippen LogP contribution in [0.5, 0.6) is 5.75 Å². The van der Waals surface area contributed by atoms with E-state index in [9.17, 15) is 0 Å². The van der Waals surface area contributed by atoms with Crippen LogP contribution in [0.3, 0.4) is 0 Å². The summed E-state index contributed by atoms with van der Waals surface area (Å²) in [6.45, 7) is 6.03. The van der Waals surface area contributed by atoms with Crippen molar-refractivity contribution >= 4 is 11.8 Å². The SMILES string of the molecule is CCNC(c1cnn(CC)c1)C1CSc2ccccc2O1. The summed E-state index contributed by atoms with van der Waals surface area (Å²) in [5.74, 6) is 1.94. The van der Waals surface area contributed by atoms with Crippen molar-refractivity contribution < 1.29 is 4.74 Å². The summed E-state index contributed by atoms with van der Waals surface area (Å²) in [6, 6.07) is 8.43. The zero-order valence-electron chi connectivity index (χ0n) is 12.5. The topological polar surface area (TPSA) is 39.1 Å². The van der Waals surface area contributed by atoms with Gasteiger partial charge in [0.15, 0.2) is 0 Å². The van der Waals surface area contributed by atoms with E-state index in [-0.39, 0.29) is 12.1 Å². The maximum atomic E-state index is 6.22. The minimum absolute atomic E-state index is 0.124. The van der Waals surface area contributed by atoms with E-state index in [1.807, 2.05) is 34.8 Å². The quantitative estimate of drug-likeness (QED) is 0.921. The Morgan fingerprint density at radius 1 is 1.43 bits per heavy atom. The second kappa shape index (κ2) is 6.54. The lowest BCUT2D eigenvalue weighted by atomic mass is 10.1. The fourth-order valence-corrected chi connectivity index (χ4v) is 3.63. The number of rotatable bonds is 5. The van der Waals surface area contributed by atoms with Crippen LogP contribution in [0, 0.1) is 0 Å². The van der Waals surface area contributed by atoms with Crippen molar-refractivity contribution in [2.75, 3.05) is 12.3 Å². The third-order valence-corrected chi connectivity index (χ3v) is 4.81. The molecule has 2 unspecified atom stereocenters. The number of likely N-dealkylation sites (N-methyl/N-ethyl adjacent to an activating group) is 1. The van der Waals surface area contributed by atoms with Gasteiger partial charge in [0.05, 0.1) is 12.2 Å². The van der Waals surface area contributed by atoms with Gasteiger partial charge in [0.25, 0.3) is 0 Å². The second-order valence-electron chi connectivity index (χ2n) is 5.08. The van der Waals surface area contributed by atoms with E-state index in [0.717, 1.165) is 24.6 Å². The largest absolute Gasteiger partial charge is 0.486 e. The summed E-state index contributed by atoms with van der Waals surface area (Å²) in [7, 11) is 0. The number of fused-ring (bicyclic) bond motifs is 1. The first-order valence-electron chi connectivity index (χ1n) is 7.46. The molecular formula is C16H21N3OS. The number of hydrogen-bond donors (Lipinski definition) is 1. The van der Waals surface area contributed by atoms with Crippen LogP contribution in [-0.4, -0.2) is 28.2 Å². The molecule has 1 aliphatic rings. The maximum absolute atomic E-state index is 6.22. The molecule has 1 N–H and O–H groups in total. The number of nitrogens with one attached hydrogen (secondary N) is 1. The Hall–Kier alpha value is -1.46. The van der Waals surface area contributed by atoms with Gasteiger partial charge in [-0.25, -0.2) is 0 Å². The Morgan fingerprint density at radius 3 is 3.05 bits per heavy atom. The van der Waals surface area contributed by atoms with E-state index in [1.165, 1.54) is 10.5 Å². The van der Waals surface area contributed by atoms with E-state index in [4.69, 9.17) is 4.74 Å². The van der Waals surface area contributed by atoms with E-state index in [0.29, 0.717) is 0 Å². The van der Waals surface area contributed by atoms with E-state index in [1.54, 1.807) is 0 Å². The first-order valence-corrected chi connectivity index (χ1v) is 8.44. The van der Waals surface area contributed by atoms with Crippen molar-refractivity contribution in [2.24, 2.45) is 0 Å². The van der Waals surface area contributed by atoms with Crippen molar-refractivity contribution in [1.82, 2.24) is 15.1 Å². The van der Waals surface area contributed by atoms with Gasteiger partial charge in [0.2, 0.25) is 0 Å². The van der Waals surface area contributed by atoms with E-state index < -0.39 is 0 Å². The zero-order chi connectivity index (χ0) is 14.7. The average Bonchev–Trinajstić information content (AvgIpc) is 3.01. The Labute approximate surface area is 129 Å². The first-order chi connectivity index (χ1) is 10.3. The lowest BCUT2D eigenvalue weighted by Crippen LogP contribution is -2.38. The molecule has 5 heteroatoms. The van der Waals surface area contributed by atoms with Crippen LogP contribution in [0.2, 0.25) is 0 Å². The predicted octanol–water partition coefficient (Wildman–Crippen LogP) is 3.11. The first kappa shape index (κ1) is 14.5. The van der Waals surface area contributed by atoms with Crippen LogP contribution in [0.15, 0.2) is 41.6 Å². The van der Waals surface area contributed by atoms with Crippen molar-refractivity contribution in [3.05, 3.63) is 42.2 Å². The molecule has 0 aliphatic carbocycles. The van der Waals surface area contributed by atoms with Crippen molar-refractivity contribution in [3.63, 3.8) is 0 Å². The molecule has 2 heterocycles. The lowest BCUT2D eigenvalue weighted by Gasteiger charge is -2.31. The van der Waals surface area contributed by atoms with Gasteiger partial charge >= 0.3 is 0 Å². The minimum Gasteiger partial charge on any atom is -0.486 e. The molecule has 0 fully saturated rings. The van der Waals surface area contributed by atoms with Gasteiger partial charge in [-0.2, -0.15) is 5.10 Å². The minimum atomic E-state index is 0.124. The van der Waals surface area contributed by atoms with Gasteiger partial charge < -0.3 is 10.1 Å². The summed E-state index contributed by atoms with van der Waals surface area (Å²) in [6.07, 6.45) is 4.19. The zero-order valence-corrected chi connectivity index (χ0v) is 13.3. The normalized spacial score (nSPS) is 18.9. The monoisotopic (exact) mass is 303 g/mol. The molecule has 1 aromatic carbocycles. The maximum Gasteiger partial charge on any atom is 0.133 e. The summed E-state index contributed by atoms with van der Waals surface area (Å²) in [5.41, 5.74) is 1.20. The standard InChI is InChI=1S/C16H21N3OS/c1-3-17-16(12-9-18-19(4-2)10-12)14-11-21-15-8-6-5-7-13(15)20-14/h5-10,14,16-17H,3-4,11H2,1-2H3. The number of aryl methyl sites for hydroxylation is 1. The smallest absolute Gasteiger partial charge is 0.133 e. The molecule has 1 aliphatic heterocycles. The number of aromatic nitrogens is 2. The van der Waals surface area contributed by atoms with Crippen molar-refractivity contribution in [1.29, 1.82) is 0 Å². The highest BCUT2D eigenvalue weighted by molar-refractivity contribution is 7.99. The number of benzene rings is 1. The molecule has 0 radical (unpaired) electrons. The fourth-order valence-electron chi connectivity index (χ4n) is 2.60. The molecule has 3 rings (SSSR count). The third kappa shape index (κ3) is 3.09. The lowest BCUT2D eigenvalue weighted by molar-refractivity contribution is 0.167. The van der Waals surface area contributed by atoms with E-state index >= 15 is 0 Å². The number of thioether (sulfide) groups is 1. The highest BCUT2D eigenvalue weighted by Gasteiger charge is 2.29. The van der Waals surface area contributed by atoms with E-state index in [2.05, 4.69) is 42.6 Å². The van der Waals surface area contributed by atoms with Crippen LogP contribution in [0.4, 0.5) is 0 Å². The molecule has 0 saturated heterocycles. The van der Waals surface area contributed by atoms with Gasteiger partial charge in [0, 0.05) is 29.0 Å². The number of para-hydroxylation sites is 1. The summed E-state index contributed by atoms with van der Waals surface area (Å²) < 4.78 is 8.19. The van der Waals surface area contributed by atoms with Gasteiger partial charge in [-0.3, -0.25) is 4.68 Å². The van der Waals surface area contributed by atoms with Crippen LogP contribution < -0.4 is 10.1 Å². The molecule has 112 valence electrons. The van der Waals surface area contributed by atoms with Gasteiger partial charge in [0.1, 0.15) is 11.9 Å². The van der Waals surface area contributed by atoms with Gasteiger partial charge in [-0.05, 0) is 25.6 Å². The van der Waals surface area contributed by atoms with Gasteiger partial charge in [-0.1, -0.05) is 19.1 Å². The van der Waals surface area contributed by atoms with Crippen LogP contribution in [-0.2, 0) is 6.54 Å². The van der Waals surface area contributed by atoms with Gasteiger partial charge in [-0.15, -0.1) is 11.8 Å². The summed E-state index contributed by atoms with van der Waals surface area (Å²) >= 11 is 1.87. The second-order valence-corrected chi connectivity index (χ2v) is 6.14. The molecule has 0 bridgehead atoms. The molecule has 21 heavy (non-hydrogen) atoms. The number of nitrogens with zero attached hydrogens (tertiary/aromatic N) is 2. The average molecular weight is 303 g/mol. The van der Waals surface area contributed by atoms with Crippen LogP contribution >= 0.6 is 11.8 Å². The predicted molar refractivity (Wildman–Crippen MR) is 85.9 cm³/mol. The van der Waals surface area contributed by atoms with Crippen LogP contribution in [0.1, 0.15) is 25.5 Å².